The molecule has 1 N–H and O–H groups in total. The van der Waals surface area contributed by atoms with Crippen molar-refractivity contribution in [3.8, 4) is 0 Å². The molecule has 146 valence electrons. The zero-order valence-corrected chi connectivity index (χ0v) is 15.8. The van der Waals surface area contributed by atoms with E-state index in [1.54, 1.807) is 38.1 Å². The Kier molecular flexibility index (Phi) is 6.72. The van der Waals surface area contributed by atoms with Gasteiger partial charge in [-0.25, -0.2) is 0 Å². The number of carbonyl (C=O) groups is 1. The van der Waals surface area contributed by atoms with Gasteiger partial charge in [-0.3, -0.25) is 10.2 Å². The summed E-state index contributed by atoms with van der Waals surface area (Å²) in [7, 11) is 0. The van der Waals surface area contributed by atoms with Crippen LogP contribution in [0.15, 0.2) is 24.3 Å². The third kappa shape index (κ3) is 5.22. The Morgan fingerprint density at radius 2 is 1.73 bits per heavy atom. The Bertz CT molecular complexity index is 596. The third-order valence-electron chi connectivity index (χ3n) is 4.92. The molecule has 6 heteroatoms. The van der Waals surface area contributed by atoms with Crippen molar-refractivity contribution in [2.75, 3.05) is 0 Å². The van der Waals surface area contributed by atoms with Crippen LogP contribution in [0.5, 0.6) is 0 Å². The largest absolute Gasteiger partial charge is 0.409 e. The van der Waals surface area contributed by atoms with Gasteiger partial charge in [0.2, 0.25) is 5.91 Å². The third-order valence-corrected chi connectivity index (χ3v) is 4.92. The van der Waals surface area contributed by atoms with Gasteiger partial charge in [0, 0.05) is 12.0 Å². The minimum atomic E-state index is -4.48. The predicted molar refractivity (Wildman–Crippen MR) is 96.4 cm³/mol. The van der Waals surface area contributed by atoms with E-state index in [1.165, 1.54) is 19.3 Å². The maximum absolute atomic E-state index is 13.8. The summed E-state index contributed by atoms with van der Waals surface area (Å²) < 4.78 is 41.3. The number of alkyl halides is 3. The molecule has 0 aliphatic carbocycles. The summed E-state index contributed by atoms with van der Waals surface area (Å²) in [4.78, 5) is 11.7. The van der Waals surface area contributed by atoms with E-state index in [0.29, 0.717) is 0 Å². The van der Waals surface area contributed by atoms with Crippen LogP contribution in [-0.2, 0) is 11.2 Å². The summed E-state index contributed by atoms with van der Waals surface area (Å²) in [5, 5.41) is 1.05. The summed E-state index contributed by atoms with van der Waals surface area (Å²) in [6.45, 7) is 5.46. The van der Waals surface area contributed by atoms with Crippen LogP contribution in [0.4, 0.5) is 13.2 Å². The first-order valence-electron chi connectivity index (χ1n) is 9.39. The van der Waals surface area contributed by atoms with E-state index in [2.05, 4.69) is 12.3 Å². The number of amides is 1. The second-order valence-corrected chi connectivity index (χ2v) is 7.74. The average molecular weight is 370 g/mol. The number of nitrogens with zero attached hydrogens (tertiary/aromatic N) is 1. The van der Waals surface area contributed by atoms with E-state index in [9.17, 15) is 18.0 Å². The second kappa shape index (κ2) is 8.42. The highest BCUT2D eigenvalue weighted by atomic mass is 19.4. The maximum atomic E-state index is 13.8. The lowest BCUT2D eigenvalue weighted by Crippen LogP contribution is -2.51. The Hall–Kier alpha value is -1.56. The molecular formula is C20H29F3N2O. The molecule has 26 heavy (non-hydrogen) atoms. The first-order chi connectivity index (χ1) is 12.1. The quantitative estimate of drug-likeness (QED) is 0.628. The Morgan fingerprint density at radius 1 is 1.12 bits per heavy atom. The molecule has 0 saturated carbocycles. The highest BCUT2D eigenvalue weighted by Gasteiger charge is 2.52. The summed E-state index contributed by atoms with van der Waals surface area (Å²) in [6.07, 6.45) is 2.28. The molecule has 0 bridgehead atoms. The van der Waals surface area contributed by atoms with E-state index >= 15 is 0 Å². The van der Waals surface area contributed by atoms with Crippen LogP contribution >= 0.6 is 0 Å². The number of nitrogens with one attached hydrogen (secondary N) is 1. The van der Waals surface area contributed by atoms with Gasteiger partial charge in [0.05, 0.1) is 0 Å². The SMILES string of the molecule is CCCCCCCc1ccc([C@H](N2NC(=O)CC2(C)C)C(F)(F)F)cc1. The molecule has 1 aliphatic heterocycles. The molecule has 0 unspecified atom stereocenters. The molecule has 2 rings (SSSR count). The number of hydrogen-bond donors (Lipinski definition) is 1. The number of halogens is 3. The number of hydrogen-bond acceptors (Lipinski definition) is 2. The Labute approximate surface area is 153 Å². The molecule has 1 saturated heterocycles. The molecule has 1 amide bonds. The summed E-state index contributed by atoms with van der Waals surface area (Å²) in [6, 6.07) is 4.79. The van der Waals surface area contributed by atoms with Crippen molar-refractivity contribution in [3.05, 3.63) is 35.4 Å². The van der Waals surface area contributed by atoms with Crippen LogP contribution in [0.2, 0.25) is 0 Å². The molecule has 0 spiro atoms. The van der Waals surface area contributed by atoms with Crippen LogP contribution in [0.25, 0.3) is 0 Å². The fourth-order valence-electron chi connectivity index (χ4n) is 3.50. The molecule has 0 radical (unpaired) electrons. The van der Waals surface area contributed by atoms with Crippen molar-refractivity contribution >= 4 is 5.91 Å². The smallest absolute Gasteiger partial charge is 0.287 e. The molecule has 1 aromatic carbocycles. The van der Waals surface area contributed by atoms with Crippen molar-refractivity contribution in [3.63, 3.8) is 0 Å². The molecule has 1 fully saturated rings. The van der Waals surface area contributed by atoms with Crippen molar-refractivity contribution in [1.29, 1.82) is 0 Å². The lowest BCUT2D eigenvalue weighted by molar-refractivity contribution is -0.203. The number of unbranched alkanes of at least 4 members (excludes halogenated alkanes) is 4. The van der Waals surface area contributed by atoms with Gasteiger partial charge in [-0.2, -0.15) is 18.2 Å². The van der Waals surface area contributed by atoms with Crippen molar-refractivity contribution in [2.45, 2.75) is 83.5 Å². The number of carbonyl (C=O) groups excluding carboxylic acids is 1. The number of rotatable bonds is 8. The Balaban J connectivity index is 2.11. The van der Waals surface area contributed by atoms with Gasteiger partial charge in [0.15, 0.2) is 6.04 Å². The van der Waals surface area contributed by atoms with Gasteiger partial charge >= 0.3 is 6.18 Å². The number of benzene rings is 1. The molecule has 1 atom stereocenters. The van der Waals surface area contributed by atoms with Gasteiger partial charge < -0.3 is 0 Å². The van der Waals surface area contributed by atoms with Crippen LogP contribution in [0.1, 0.15) is 76.5 Å². The highest BCUT2D eigenvalue weighted by molar-refractivity contribution is 5.79. The molecular weight excluding hydrogens is 341 g/mol. The second-order valence-electron chi connectivity index (χ2n) is 7.74. The van der Waals surface area contributed by atoms with Gasteiger partial charge in [-0.1, -0.05) is 56.9 Å². The highest BCUT2D eigenvalue weighted by Crippen LogP contribution is 2.42. The predicted octanol–water partition coefficient (Wildman–Crippen LogP) is 5.32. The molecule has 1 aromatic rings. The van der Waals surface area contributed by atoms with Gasteiger partial charge in [-0.05, 0) is 37.8 Å². The zero-order valence-electron chi connectivity index (χ0n) is 15.8. The average Bonchev–Trinajstić information content (AvgIpc) is 2.80. The molecule has 1 heterocycles. The van der Waals surface area contributed by atoms with E-state index in [4.69, 9.17) is 0 Å². The van der Waals surface area contributed by atoms with Crippen LogP contribution in [-0.4, -0.2) is 22.6 Å². The Morgan fingerprint density at radius 3 is 2.23 bits per heavy atom. The number of aryl methyl sites for hydroxylation is 1. The summed E-state index contributed by atoms with van der Waals surface area (Å²) in [5.41, 5.74) is 2.71. The first-order valence-corrected chi connectivity index (χ1v) is 9.39. The van der Waals surface area contributed by atoms with E-state index in [-0.39, 0.29) is 17.9 Å². The van der Waals surface area contributed by atoms with Crippen LogP contribution in [0.3, 0.4) is 0 Å². The number of hydrazine groups is 1. The van der Waals surface area contributed by atoms with Gasteiger partial charge in [0.1, 0.15) is 0 Å². The molecule has 1 aliphatic rings. The van der Waals surface area contributed by atoms with Crippen LogP contribution in [0, 0.1) is 0 Å². The minimum absolute atomic E-state index is 0.0510. The molecule has 3 nitrogen and oxygen atoms in total. The molecule has 0 aromatic heterocycles. The summed E-state index contributed by atoms with van der Waals surface area (Å²) >= 11 is 0. The van der Waals surface area contributed by atoms with E-state index in [0.717, 1.165) is 29.8 Å². The standard InChI is InChI=1S/C20H29F3N2O/c1-4-5-6-7-8-9-15-10-12-16(13-11-15)18(20(21,22)23)25-19(2,3)14-17(26)24-25/h10-13,18H,4-9,14H2,1-3H3,(H,24,26)/t18-/m0/s1. The first kappa shape index (κ1) is 20.7. The van der Waals surface area contributed by atoms with Crippen molar-refractivity contribution < 1.29 is 18.0 Å². The van der Waals surface area contributed by atoms with E-state index in [1.807, 2.05) is 0 Å². The van der Waals surface area contributed by atoms with E-state index < -0.39 is 17.8 Å². The minimum Gasteiger partial charge on any atom is -0.287 e. The normalized spacial score (nSPS) is 18.8. The van der Waals surface area contributed by atoms with Crippen molar-refractivity contribution in [1.82, 2.24) is 10.4 Å². The zero-order chi connectivity index (χ0) is 19.4. The van der Waals surface area contributed by atoms with Crippen molar-refractivity contribution in [2.24, 2.45) is 0 Å². The maximum Gasteiger partial charge on any atom is 0.409 e. The topological polar surface area (TPSA) is 32.3 Å². The fraction of sp³-hybridized carbons (Fsp3) is 0.650. The fourth-order valence-corrected chi connectivity index (χ4v) is 3.50. The monoisotopic (exact) mass is 370 g/mol. The lowest BCUT2D eigenvalue weighted by Gasteiger charge is -2.38. The van der Waals surface area contributed by atoms with Gasteiger partial charge in [0.25, 0.3) is 0 Å². The van der Waals surface area contributed by atoms with Gasteiger partial charge in [-0.15, -0.1) is 0 Å². The van der Waals surface area contributed by atoms with Crippen LogP contribution < -0.4 is 5.43 Å². The summed E-state index contributed by atoms with van der Waals surface area (Å²) in [5.74, 6) is -0.382. The lowest BCUT2D eigenvalue weighted by atomic mass is 9.96.